The Morgan fingerprint density at radius 3 is 2.76 bits per heavy atom. The molecule has 1 aromatic carbocycles. The summed E-state index contributed by atoms with van der Waals surface area (Å²) in [7, 11) is 0. The first-order valence-electron chi connectivity index (χ1n) is 7.78. The molecule has 2 aliphatic carbocycles. The molecule has 2 aliphatic rings. The van der Waals surface area contributed by atoms with Gasteiger partial charge in [-0.15, -0.1) is 11.3 Å². The van der Waals surface area contributed by atoms with Crippen molar-refractivity contribution >= 4 is 22.9 Å². The standard InChI is InChI=1S/C17H19ClN2S/c18-13-6-4-11(5-7-13)17-20-16-12(10-19-14-8-9-14)2-1-3-15(16)21-17/h4-7,12,14,19H,1-3,8-10H2. The van der Waals surface area contributed by atoms with Crippen LogP contribution in [0.5, 0.6) is 0 Å². The van der Waals surface area contributed by atoms with E-state index in [1.54, 1.807) is 0 Å². The molecular weight excluding hydrogens is 300 g/mol. The lowest BCUT2D eigenvalue weighted by Gasteiger charge is -2.21. The molecule has 1 fully saturated rings. The van der Waals surface area contributed by atoms with E-state index in [1.807, 2.05) is 23.5 Å². The van der Waals surface area contributed by atoms with Gasteiger partial charge >= 0.3 is 0 Å². The predicted molar refractivity (Wildman–Crippen MR) is 89.3 cm³/mol. The molecule has 21 heavy (non-hydrogen) atoms. The summed E-state index contributed by atoms with van der Waals surface area (Å²) in [6, 6.07) is 8.82. The zero-order valence-corrected chi connectivity index (χ0v) is 13.5. The molecule has 1 aromatic heterocycles. The predicted octanol–water partition coefficient (Wildman–Crippen LogP) is 4.64. The van der Waals surface area contributed by atoms with Crippen molar-refractivity contribution in [3.63, 3.8) is 0 Å². The van der Waals surface area contributed by atoms with Gasteiger partial charge in [-0.1, -0.05) is 23.7 Å². The quantitative estimate of drug-likeness (QED) is 0.888. The summed E-state index contributed by atoms with van der Waals surface area (Å²) in [5.74, 6) is 0.603. The van der Waals surface area contributed by atoms with Gasteiger partial charge in [0.2, 0.25) is 0 Å². The summed E-state index contributed by atoms with van der Waals surface area (Å²) in [4.78, 5) is 6.46. The molecule has 0 bridgehead atoms. The SMILES string of the molecule is Clc1ccc(-c2nc3c(s2)CCCC3CNC2CC2)cc1. The van der Waals surface area contributed by atoms with Gasteiger partial charge in [-0.25, -0.2) is 4.98 Å². The van der Waals surface area contributed by atoms with E-state index in [2.05, 4.69) is 17.4 Å². The molecule has 0 amide bonds. The summed E-state index contributed by atoms with van der Waals surface area (Å²) in [6.45, 7) is 1.10. The van der Waals surface area contributed by atoms with Gasteiger partial charge in [-0.05, 0) is 44.2 Å². The Kier molecular flexibility index (Phi) is 3.74. The van der Waals surface area contributed by atoms with Gasteiger partial charge in [0, 0.05) is 34.0 Å². The molecule has 0 radical (unpaired) electrons. The Morgan fingerprint density at radius 2 is 2.00 bits per heavy atom. The molecule has 4 rings (SSSR count). The van der Waals surface area contributed by atoms with E-state index < -0.39 is 0 Å². The third-order valence-corrected chi connectivity index (χ3v) is 5.82. The van der Waals surface area contributed by atoms with Crippen molar-refractivity contribution in [2.75, 3.05) is 6.54 Å². The highest BCUT2D eigenvalue weighted by Gasteiger charge is 2.27. The summed E-state index contributed by atoms with van der Waals surface area (Å²) >= 11 is 7.84. The maximum atomic E-state index is 5.97. The molecular formula is C17H19ClN2S. The van der Waals surface area contributed by atoms with Crippen molar-refractivity contribution in [3.8, 4) is 10.6 Å². The van der Waals surface area contributed by atoms with Gasteiger partial charge in [0.1, 0.15) is 5.01 Å². The Balaban J connectivity index is 1.58. The second-order valence-corrected chi connectivity index (χ2v) is 7.63. The third kappa shape index (κ3) is 3.01. The van der Waals surface area contributed by atoms with Crippen molar-refractivity contribution in [2.24, 2.45) is 0 Å². The molecule has 110 valence electrons. The summed E-state index contributed by atoms with van der Waals surface area (Å²) < 4.78 is 0. The minimum atomic E-state index is 0.603. The second kappa shape index (κ2) is 5.71. The lowest BCUT2D eigenvalue weighted by Crippen LogP contribution is -2.25. The van der Waals surface area contributed by atoms with Gasteiger partial charge in [-0.2, -0.15) is 0 Å². The van der Waals surface area contributed by atoms with Gasteiger partial charge < -0.3 is 5.32 Å². The van der Waals surface area contributed by atoms with Crippen LogP contribution in [0.3, 0.4) is 0 Å². The van der Waals surface area contributed by atoms with E-state index in [0.29, 0.717) is 5.92 Å². The Bertz CT molecular complexity index is 631. The molecule has 1 heterocycles. The molecule has 4 heteroatoms. The zero-order chi connectivity index (χ0) is 14.2. The minimum Gasteiger partial charge on any atom is -0.313 e. The van der Waals surface area contributed by atoms with Crippen LogP contribution in [0.1, 0.15) is 42.2 Å². The fourth-order valence-corrected chi connectivity index (χ4v) is 4.34. The number of nitrogens with zero attached hydrogens (tertiary/aromatic N) is 1. The number of hydrogen-bond donors (Lipinski definition) is 1. The second-order valence-electron chi connectivity index (χ2n) is 6.11. The maximum absolute atomic E-state index is 5.97. The molecule has 1 atom stereocenters. The summed E-state index contributed by atoms with van der Waals surface area (Å²) in [5, 5.41) is 5.60. The summed E-state index contributed by atoms with van der Waals surface area (Å²) in [5.41, 5.74) is 2.54. The van der Waals surface area contributed by atoms with Gasteiger partial charge in [0.05, 0.1) is 5.69 Å². The normalized spacial score (nSPS) is 21.3. The Hall–Kier alpha value is -0.900. The van der Waals surface area contributed by atoms with Crippen LogP contribution in [0.25, 0.3) is 10.6 Å². The number of thiazole rings is 1. The first-order valence-corrected chi connectivity index (χ1v) is 8.98. The van der Waals surface area contributed by atoms with Crippen molar-refractivity contribution in [1.29, 1.82) is 0 Å². The highest BCUT2D eigenvalue weighted by atomic mass is 35.5. The first kappa shape index (κ1) is 13.7. The smallest absolute Gasteiger partial charge is 0.123 e. The van der Waals surface area contributed by atoms with Crippen LogP contribution in [-0.2, 0) is 6.42 Å². The number of halogens is 1. The number of aryl methyl sites for hydroxylation is 1. The molecule has 2 aromatic rings. The van der Waals surface area contributed by atoms with E-state index in [9.17, 15) is 0 Å². The fourth-order valence-electron chi connectivity index (χ4n) is 3.02. The fraction of sp³-hybridized carbons (Fsp3) is 0.471. The molecule has 0 spiro atoms. The van der Waals surface area contributed by atoms with Gasteiger partial charge in [0.25, 0.3) is 0 Å². The largest absolute Gasteiger partial charge is 0.313 e. The van der Waals surface area contributed by atoms with Crippen LogP contribution < -0.4 is 5.32 Å². The lowest BCUT2D eigenvalue weighted by atomic mass is 9.91. The maximum Gasteiger partial charge on any atom is 0.123 e. The number of aromatic nitrogens is 1. The molecule has 1 saturated carbocycles. The number of nitrogens with one attached hydrogen (secondary N) is 1. The van der Waals surface area contributed by atoms with E-state index in [0.717, 1.165) is 22.6 Å². The summed E-state index contributed by atoms with van der Waals surface area (Å²) in [6.07, 6.45) is 6.47. The average Bonchev–Trinajstić information content (AvgIpc) is 3.22. The highest BCUT2D eigenvalue weighted by molar-refractivity contribution is 7.15. The first-order chi connectivity index (χ1) is 10.3. The monoisotopic (exact) mass is 318 g/mol. The number of hydrogen-bond acceptors (Lipinski definition) is 3. The van der Waals surface area contributed by atoms with E-state index in [1.165, 1.54) is 48.2 Å². The van der Waals surface area contributed by atoms with Gasteiger partial charge in [-0.3, -0.25) is 0 Å². The van der Waals surface area contributed by atoms with E-state index in [-0.39, 0.29) is 0 Å². The van der Waals surface area contributed by atoms with Crippen LogP contribution in [0.4, 0.5) is 0 Å². The lowest BCUT2D eigenvalue weighted by molar-refractivity contribution is 0.500. The molecule has 1 N–H and O–H groups in total. The average molecular weight is 319 g/mol. The number of benzene rings is 1. The van der Waals surface area contributed by atoms with E-state index >= 15 is 0 Å². The highest BCUT2D eigenvalue weighted by Crippen LogP contribution is 2.38. The number of rotatable bonds is 4. The van der Waals surface area contributed by atoms with Crippen LogP contribution >= 0.6 is 22.9 Å². The topological polar surface area (TPSA) is 24.9 Å². The van der Waals surface area contributed by atoms with Crippen molar-refractivity contribution in [2.45, 2.75) is 44.1 Å². The van der Waals surface area contributed by atoms with Crippen LogP contribution in [-0.4, -0.2) is 17.6 Å². The zero-order valence-electron chi connectivity index (χ0n) is 11.9. The van der Waals surface area contributed by atoms with Crippen LogP contribution in [0, 0.1) is 0 Å². The van der Waals surface area contributed by atoms with Gasteiger partial charge in [0.15, 0.2) is 0 Å². The minimum absolute atomic E-state index is 0.603. The van der Waals surface area contributed by atoms with E-state index in [4.69, 9.17) is 16.6 Å². The number of fused-ring (bicyclic) bond motifs is 1. The molecule has 2 nitrogen and oxygen atoms in total. The van der Waals surface area contributed by atoms with Crippen molar-refractivity contribution in [1.82, 2.24) is 10.3 Å². The Labute approximate surface area is 134 Å². The Morgan fingerprint density at radius 1 is 1.19 bits per heavy atom. The molecule has 1 unspecified atom stereocenters. The molecule has 0 aliphatic heterocycles. The molecule has 0 saturated heterocycles. The third-order valence-electron chi connectivity index (χ3n) is 4.39. The van der Waals surface area contributed by atoms with Crippen molar-refractivity contribution < 1.29 is 0 Å². The van der Waals surface area contributed by atoms with Crippen LogP contribution in [0.2, 0.25) is 5.02 Å². The van der Waals surface area contributed by atoms with Crippen LogP contribution in [0.15, 0.2) is 24.3 Å². The van der Waals surface area contributed by atoms with Crippen molar-refractivity contribution in [3.05, 3.63) is 39.9 Å².